The molecule has 4 heteroatoms. The van der Waals surface area contributed by atoms with Crippen LogP contribution in [-0.4, -0.2) is 15.0 Å². The molecular formula is C52H33N3O. The first-order chi connectivity index (χ1) is 27.8. The van der Waals surface area contributed by atoms with Gasteiger partial charge in [-0.3, -0.25) is 0 Å². The predicted molar refractivity (Wildman–Crippen MR) is 227 cm³/mol. The Morgan fingerprint density at radius 3 is 1.32 bits per heavy atom. The number of rotatable bonds is 6. The van der Waals surface area contributed by atoms with Crippen molar-refractivity contribution in [3.63, 3.8) is 0 Å². The quantitative estimate of drug-likeness (QED) is 0.172. The molecule has 0 fully saturated rings. The summed E-state index contributed by atoms with van der Waals surface area (Å²) < 4.78 is 6.90. The van der Waals surface area contributed by atoms with Gasteiger partial charge in [0.15, 0.2) is 17.5 Å². The number of furan rings is 1. The van der Waals surface area contributed by atoms with Crippen molar-refractivity contribution < 1.29 is 4.42 Å². The molecular weight excluding hydrogens is 683 g/mol. The second-order valence-electron chi connectivity index (χ2n) is 14.3. The van der Waals surface area contributed by atoms with Crippen molar-refractivity contribution in [1.29, 1.82) is 0 Å². The molecule has 10 aromatic rings. The van der Waals surface area contributed by atoms with Gasteiger partial charge in [-0.1, -0.05) is 188 Å². The lowest BCUT2D eigenvalue weighted by atomic mass is 9.88. The molecule has 1 aliphatic carbocycles. The van der Waals surface area contributed by atoms with Crippen molar-refractivity contribution in [1.82, 2.24) is 15.0 Å². The summed E-state index contributed by atoms with van der Waals surface area (Å²) in [6, 6.07) is 68.0. The lowest BCUT2D eigenvalue weighted by Crippen LogP contribution is -2.00. The average Bonchev–Trinajstić information content (AvgIpc) is 3.83. The fourth-order valence-electron chi connectivity index (χ4n) is 8.41. The van der Waals surface area contributed by atoms with Gasteiger partial charge in [-0.25, -0.2) is 15.0 Å². The van der Waals surface area contributed by atoms with Crippen molar-refractivity contribution >= 4 is 21.9 Å². The first-order valence-electron chi connectivity index (χ1n) is 19.0. The van der Waals surface area contributed by atoms with E-state index in [0.717, 1.165) is 60.9 Å². The van der Waals surface area contributed by atoms with Crippen molar-refractivity contribution in [3.8, 4) is 67.5 Å². The third-order valence-electron chi connectivity index (χ3n) is 11.0. The van der Waals surface area contributed by atoms with Gasteiger partial charge in [-0.15, -0.1) is 0 Å². The van der Waals surface area contributed by atoms with Gasteiger partial charge in [-0.05, 0) is 45.0 Å². The molecule has 0 spiro atoms. The molecule has 0 bridgehead atoms. The Kier molecular flexibility index (Phi) is 7.52. The number of hydrogen-bond donors (Lipinski definition) is 0. The monoisotopic (exact) mass is 715 g/mol. The van der Waals surface area contributed by atoms with Crippen LogP contribution < -0.4 is 0 Å². The summed E-state index contributed by atoms with van der Waals surface area (Å²) in [5.41, 5.74) is 15.4. The first kappa shape index (κ1) is 32.0. The van der Waals surface area contributed by atoms with E-state index in [0.29, 0.717) is 17.5 Å². The van der Waals surface area contributed by atoms with Crippen molar-refractivity contribution in [2.75, 3.05) is 0 Å². The molecule has 0 aliphatic heterocycles. The molecule has 2 aromatic heterocycles. The zero-order valence-electron chi connectivity index (χ0n) is 30.3. The summed E-state index contributed by atoms with van der Waals surface area (Å²) in [4.78, 5) is 14.9. The predicted octanol–water partition coefficient (Wildman–Crippen LogP) is 13.3. The Morgan fingerprint density at radius 2 is 0.750 bits per heavy atom. The minimum atomic E-state index is 0.212. The molecule has 4 nitrogen and oxygen atoms in total. The maximum Gasteiger partial charge on any atom is 0.164 e. The molecule has 0 saturated heterocycles. The van der Waals surface area contributed by atoms with E-state index in [4.69, 9.17) is 19.4 Å². The number of nitrogens with zero attached hydrogens (tertiary/aromatic N) is 3. The van der Waals surface area contributed by atoms with Crippen LogP contribution >= 0.6 is 0 Å². The molecule has 0 unspecified atom stereocenters. The fourth-order valence-corrected chi connectivity index (χ4v) is 8.41. The highest BCUT2D eigenvalue weighted by Gasteiger charge is 2.29. The van der Waals surface area contributed by atoms with Gasteiger partial charge in [0, 0.05) is 44.5 Å². The van der Waals surface area contributed by atoms with Gasteiger partial charge in [0.25, 0.3) is 0 Å². The van der Waals surface area contributed by atoms with Crippen LogP contribution in [0.25, 0.3) is 89.5 Å². The molecule has 56 heavy (non-hydrogen) atoms. The van der Waals surface area contributed by atoms with E-state index in [-0.39, 0.29) is 5.92 Å². The Balaban J connectivity index is 0.987. The van der Waals surface area contributed by atoms with Crippen LogP contribution in [0.1, 0.15) is 22.6 Å². The molecule has 0 radical (unpaired) electrons. The maximum atomic E-state index is 6.90. The van der Waals surface area contributed by atoms with E-state index < -0.39 is 0 Å². The fraction of sp³-hybridized carbons (Fsp3) is 0.0192. The van der Waals surface area contributed by atoms with Gasteiger partial charge in [-0.2, -0.15) is 0 Å². The zero-order valence-corrected chi connectivity index (χ0v) is 30.3. The normalized spacial score (nSPS) is 12.2. The van der Waals surface area contributed by atoms with Gasteiger partial charge in [0.1, 0.15) is 11.2 Å². The summed E-state index contributed by atoms with van der Waals surface area (Å²) >= 11 is 0. The molecule has 0 N–H and O–H groups in total. The Labute approximate surface area is 324 Å². The van der Waals surface area contributed by atoms with Crippen LogP contribution in [0.2, 0.25) is 0 Å². The summed E-state index contributed by atoms with van der Waals surface area (Å²) in [6.07, 6.45) is 0. The molecule has 8 aromatic carbocycles. The van der Waals surface area contributed by atoms with Gasteiger partial charge < -0.3 is 4.42 Å². The van der Waals surface area contributed by atoms with Crippen LogP contribution in [0.5, 0.6) is 0 Å². The van der Waals surface area contributed by atoms with Crippen molar-refractivity contribution in [2.24, 2.45) is 0 Å². The zero-order chi connectivity index (χ0) is 37.0. The summed E-state index contributed by atoms with van der Waals surface area (Å²) in [5.74, 6) is 2.10. The second kappa shape index (κ2) is 13.2. The second-order valence-corrected chi connectivity index (χ2v) is 14.3. The number of hydrogen-bond acceptors (Lipinski definition) is 4. The number of para-hydroxylation sites is 2. The van der Waals surface area contributed by atoms with Crippen molar-refractivity contribution in [3.05, 3.63) is 211 Å². The Morgan fingerprint density at radius 1 is 0.321 bits per heavy atom. The van der Waals surface area contributed by atoms with Gasteiger partial charge in [0.2, 0.25) is 0 Å². The van der Waals surface area contributed by atoms with Crippen LogP contribution in [0, 0.1) is 0 Å². The van der Waals surface area contributed by atoms with E-state index in [2.05, 4.69) is 133 Å². The molecule has 11 rings (SSSR count). The summed E-state index contributed by atoms with van der Waals surface area (Å²) in [6.45, 7) is 0. The van der Waals surface area contributed by atoms with E-state index in [1.54, 1.807) is 0 Å². The van der Waals surface area contributed by atoms with E-state index in [9.17, 15) is 0 Å². The van der Waals surface area contributed by atoms with Gasteiger partial charge in [0.05, 0.1) is 0 Å². The Hall–Kier alpha value is -7.43. The minimum absolute atomic E-state index is 0.212. The third-order valence-corrected chi connectivity index (χ3v) is 11.0. The van der Waals surface area contributed by atoms with E-state index in [1.165, 1.54) is 27.8 Å². The largest absolute Gasteiger partial charge is 0.455 e. The SMILES string of the molecule is c1ccc(-c2nc(-c3ccccc3)nc(-c3cccc(-c4cccc5c4oc4c(-c6ccc(C7c8ccccc8-c8ccccc87)cc6)cccc45)c3)n2)cc1. The summed E-state index contributed by atoms with van der Waals surface area (Å²) in [7, 11) is 0. The number of benzene rings is 8. The average molecular weight is 716 g/mol. The van der Waals surface area contributed by atoms with Crippen molar-refractivity contribution in [2.45, 2.75) is 5.92 Å². The molecule has 2 heterocycles. The topological polar surface area (TPSA) is 51.8 Å². The van der Waals surface area contributed by atoms with E-state index >= 15 is 0 Å². The summed E-state index contributed by atoms with van der Waals surface area (Å²) in [5, 5.41) is 2.18. The molecule has 0 amide bonds. The highest BCUT2D eigenvalue weighted by Crippen LogP contribution is 2.48. The van der Waals surface area contributed by atoms with Crippen LogP contribution in [0.3, 0.4) is 0 Å². The lowest BCUT2D eigenvalue weighted by Gasteiger charge is -2.15. The minimum Gasteiger partial charge on any atom is -0.455 e. The van der Waals surface area contributed by atoms with E-state index in [1.807, 2.05) is 60.7 Å². The molecule has 0 saturated carbocycles. The third kappa shape index (κ3) is 5.34. The van der Waals surface area contributed by atoms with Gasteiger partial charge >= 0.3 is 0 Å². The van der Waals surface area contributed by atoms with Crippen LogP contribution in [0.4, 0.5) is 0 Å². The standard InChI is InChI=1S/C52H33N3O/c1-3-14-35(15-4-1)50-53-51(36-16-5-2-6-17-36)55-52(54-50)38-19-11-18-37(32-38)40-25-13-27-46-45-26-12-24-39(48(45)56-49(40)46)33-28-30-34(31-29-33)47-43-22-9-7-20-41(43)42-21-8-10-23-44(42)47/h1-32,47H. The van der Waals surface area contributed by atoms with Crippen LogP contribution in [0.15, 0.2) is 199 Å². The lowest BCUT2D eigenvalue weighted by molar-refractivity contribution is 0.671. The molecule has 0 atom stereocenters. The smallest absolute Gasteiger partial charge is 0.164 e. The molecule has 262 valence electrons. The first-order valence-corrected chi connectivity index (χ1v) is 19.0. The number of aromatic nitrogens is 3. The maximum absolute atomic E-state index is 6.90. The Bertz CT molecular complexity index is 2970. The highest BCUT2D eigenvalue weighted by molar-refractivity contribution is 6.13. The van der Waals surface area contributed by atoms with Crippen LogP contribution in [-0.2, 0) is 0 Å². The number of fused-ring (bicyclic) bond motifs is 6. The molecule has 1 aliphatic rings. The highest BCUT2D eigenvalue weighted by atomic mass is 16.3.